The van der Waals surface area contributed by atoms with E-state index in [9.17, 15) is 13.2 Å². The molecule has 8 nitrogen and oxygen atoms in total. The van der Waals surface area contributed by atoms with Gasteiger partial charge in [-0.2, -0.15) is 5.10 Å². The zero-order valence-electron chi connectivity index (χ0n) is 20.7. The molecule has 1 atom stereocenters. The van der Waals surface area contributed by atoms with Crippen LogP contribution < -0.4 is 25.1 Å². The molecule has 1 unspecified atom stereocenters. The van der Waals surface area contributed by atoms with Gasteiger partial charge in [0.1, 0.15) is 11.9 Å². The number of hydrogen-bond donors (Lipinski definition) is 2. The Morgan fingerprint density at radius 1 is 1.03 bits per heavy atom. The summed E-state index contributed by atoms with van der Waals surface area (Å²) in [6.07, 6.45) is -0.620. The molecule has 0 aliphatic rings. The van der Waals surface area contributed by atoms with E-state index in [-0.39, 0.29) is 5.75 Å². The minimum atomic E-state index is -4.74. The molecule has 2 N–H and O–H groups in total. The predicted octanol–water partition coefficient (Wildman–Crippen LogP) is 6.01. The van der Waals surface area contributed by atoms with Crippen LogP contribution in [0.4, 0.5) is 30.5 Å². The monoisotopic (exact) mass is 532 g/mol. The van der Waals surface area contributed by atoms with Crippen molar-refractivity contribution < 1.29 is 22.6 Å². The van der Waals surface area contributed by atoms with Crippen LogP contribution in [0.3, 0.4) is 0 Å². The van der Waals surface area contributed by atoms with Gasteiger partial charge in [0.05, 0.1) is 18.6 Å². The fourth-order valence-corrected chi connectivity index (χ4v) is 3.40. The second kappa shape index (κ2) is 12.3. The number of hydrazone groups is 1. The lowest BCUT2D eigenvalue weighted by molar-refractivity contribution is -0.274. The standard InChI is InChI=1S/C25H27F3N6O2S/c1-16(2)21-7-5-6-8-22(21)32-24(37)33-31-13-17(3)35-20-14-29-23(30-15-20)34(4)18-9-11-19(12-10-18)36-25(26,27)28/h5-17H,1-4H3,(H2,32,33,37)/b31-13+. The number of benzene rings is 2. The van der Waals surface area contributed by atoms with Crippen molar-refractivity contribution in [3.8, 4) is 11.5 Å². The smallest absolute Gasteiger partial charge is 0.482 e. The van der Waals surface area contributed by atoms with Crippen LogP contribution in [0.15, 0.2) is 66.0 Å². The Morgan fingerprint density at radius 2 is 1.68 bits per heavy atom. The number of ether oxygens (including phenoxy) is 2. The van der Waals surface area contributed by atoms with Crippen LogP contribution in [0.25, 0.3) is 0 Å². The number of anilines is 3. The second-order valence-electron chi connectivity index (χ2n) is 8.23. The molecule has 37 heavy (non-hydrogen) atoms. The highest BCUT2D eigenvalue weighted by Gasteiger charge is 2.31. The molecule has 0 saturated heterocycles. The lowest BCUT2D eigenvalue weighted by Gasteiger charge is -2.18. The number of thiocarbonyl (C=S) groups is 1. The summed E-state index contributed by atoms with van der Waals surface area (Å²) in [5.41, 5.74) is 5.42. The van der Waals surface area contributed by atoms with E-state index in [1.54, 1.807) is 25.1 Å². The van der Waals surface area contributed by atoms with Crippen molar-refractivity contribution in [3.05, 3.63) is 66.5 Å². The average molecular weight is 533 g/mol. The Morgan fingerprint density at radius 3 is 2.30 bits per heavy atom. The van der Waals surface area contributed by atoms with E-state index in [1.807, 2.05) is 24.3 Å². The fraction of sp³-hybridized carbons (Fsp3) is 0.280. The molecule has 3 rings (SSSR count). The lowest BCUT2D eigenvalue weighted by Crippen LogP contribution is -2.26. The summed E-state index contributed by atoms with van der Waals surface area (Å²) in [5.74, 6) is 0.779. The number of rotatable bonds is 9. The third-order valence-corrected chi connectivity index (χ3v) is 5.17. The summed E-state index contributed by atoms with van der Waals surface area (Å²) in [4.78, 5) is 10.1. The van der Waals surface area contributed by atoms with E-state index in [0.717, 1.165) is 11.3 Å². The normalized spacial score (nSPS) is 12.3. The number of hydrogen-bond acceptors (Lipinski definition) is 7. The van der Waals surface area contributed by atoms with Gasteiger partial charge in [0.25, 0.3) is 0 Å². The van der Waals surface area contributed by atoms with Crippen LogP contribution in [0.1, 0.15) is 32.3 Å². The van der Waals surface area contributed by atoms with E-state index in [2.05, 4.69) is 44.4 Å². The summed E-state index contributed by atoms with van der Waals surface area (Å²) < 4.78 is 46.6. The van der Waals surface area contributed by atoms with E-state index >= 15 is 0 Å². The molecular formula is C25H27F3N6O2S. The molecule has 12 heteroatoms. The fourth-order valence-electron chi connectivity index (χ4n) is 3.24. The van der Waals surface area contributed by atoms with Crippen LogP contribution in [0, 0.1) is 0 Å². The van der Waals surface area contributed by atoms with Crippen molar-refractivity contribution in [3.63, 3.8) is 0 Å². The molecule has 0 bridgehead atoms. The summed E-state index contributed by atoms with van der Waals surface area (Å²) >= 11 is 5.31. The largest absolute Gasteiger partial charge is 0.573 e. The number of halogens is 3. The van der Waals surface area contributed by atoms with Crippen molar-refractivity contribution in [1.82, 2.24) is 15.4 Å². The summed E-state index contributed by atoms with van der Waals surface area (Å²) in [5, 5.41) is 7.61. The van der Waals surface area contributed by atoms with Gasteiger partial charge in [-0.25, -0.2) is 9.97 Å². The number of nitrogens with zero attached hydrogens (tertiary/aromatic N) is 4. The Balaban J connectivity index is 1.50. The molecule has 2 aromatic carbocycles. The lowest BCUT2D eigenvalue weighted by atomic mass is 10.0. The number of aromatic nitrogens is 2. The highest BCUT2D eigenvalue weighted by Crippen LogP contribution is 2.27. The van der Waals surface area contributed by atoms with Crippen LogP contribution in [0.2, 0.25) is 0 Å². The number of alkyl halides is 3. The topological polar surface area (TPSA) is 83.9 Å². The first-order valence-electron chi connectivity index (χ1n) is 11.3. The SMILES string of the molecule is CC(/C=N/NC(=S)Nc1ccccc1C(C)C)Oc1cnc(N(C)c2ccc(OC(F)(F)F)cc2)nc1. The van der Waals surface area contributed by atoms with Gasteiger partial charge in [0.2, 0.25) is 5.95 Å². The van der Waals surface area contributed by atoms with Crippen LogP contribution in [-0.2, 0) is 0 Å². The third-order valence-electron chi connectivity index (χ3n) is 4.98. The maximum atomic E-state index is 12.3. The third kappa shape index (κ3) is 8.60. The summed E-state index contributed by atoms with van der Waals surface area (Å²) in [7, 11) is 1.69. The van der Waals surface area contributed by atoms with E-state index in [4.69, 9.17) is 17.0 Å². The minimum absolute atomic E-state index is 0.309. The maximum Gasteiger partial charge on any atom is 0.573 e. The van der Waals surface area contributed by atoms with Gasteiger partial charge in [-0.3, -0.25) is 5.43 Å². The average Bonchev–Trinajstić information content (AvgIpc) is 2.84. The first kappa shape index (κ1) is 27.7. The predicted molar refractivity (Wildman–Crippen MR) is 142 cm³/mol. The zero-order valence-corrected chi connectivity index (χ0v) is 21.5. The van der Waals surface area contributed by atoms with Crippen molar-refractivity contribution in [2.75, 3.05) is 17.3 Å². The van der Waals surface area contributed by atoms with E-state index in [0.29, 0.717) is 28.4 Å². The Kier molecular flexibility index (Phi) is 9.23. The van der Waals surface area contributed by atoms with E-state index in [1.165, 1.54) is 36.7 Å². The second-order valence-corrected chi connectivity index (χ2v) is 8.64. The van der Waals surface area contributed by atoms with Crippen LogP contribution >= 0.6 is 12.2 Å². The Bertz CT molecular complexity index is 1200. The minimum Gasteiger partial charge on any atom is -0.482 e. The summed E-state index contributed by atoms with van der Waals surface area (Å²) in [6.45, 7) is 6.01. The first-order valence-corrected chi connectivity index (χ1v) is 11.7. The van der Waals surface area contributed by atoms with Gasteiger partial charge < -0.3 is 19.7 Å². The maximum absolute atomic E-state index is 12.3. The van der Waals surface area contributed by atoms with Crippen molar-refractivity contribution >= 4 is 40.9 Å². The van der Waals surface area contributed by atoms with Gasteiger partial charge in [-0.05, 0) is 61.0 Å². The highest BCUT2D eigenvalue weighted by atomic mass is 32.1. The van der Waals surface area contributed by atoms with Gasteiger partial charge in [0, 0.05) is 18.4 Å². The summed E-state index contributed by atoms with van der Waals surface area (Å²) in [6, 6.07) is 13.3. The molecular weight excluding hydrogens is 505 g/mol. The number of para-hydroxylation sites is 1. The molecule has 3 aromatic rings. The van der Waals surface area contributed by atoms with Gasteiger partial charge in [-0.15, -0.1) is 13.2 Å². The number of nitrogens with one attached hydrogen (secondary N) is 2. The molecule has 196 valence electrons. The highest BCUT2D eigenvalue weighted by molar-refractivity contribution is 7.80. The van der Waals surface area contributed by atoms with Gasteiger partial charge in [0.15, 0.2) is 10.9 Å². The van der Waals surface area contributed by atoms with Crippen molar-refractivity contribution in [2.24, 2.45) is 5.10 Å². The molecule has 0 radical (unpaired) electrons. The molecule has 0 saturated carbocycles. The molecule has 1 heterocycles. The zero-order chi connectivity index (χ0) is 27.0. The molecule has 0 amide bonds. The van der Waals surface area contributed by atoms with Gasteiger partial charge >= 0.3 is 6.36 Å². The Labute approximate surface area is 218 Å². The molecule has 0 aliphatic carbocycles. The van der Waals surface area contributed by atoms with Crippen molar-refractivity contribution in [2.45, 2.75) is 39.2 Å². The first-order chi connectivity index (χ1) is 17.5. The molecule has 0 aliphatic heterocycles. The molecule has 0 fully saturated rings. The van der Waals surface area contributed by atoms with Crippen molar-refractivity contribution in [1.29, 1.82) is 0 Å². The van der Waals surface area contributed by atoms with Crippen LogP contribution in [-0.4, -0.2) is 40.8 Å². The van der Waals surface area contributed by atoms with Gasteiger partial charge in [-0.1, -0.05) is 32.0 Å². The quantitative estimate of drug-likeness (QED) is 0.197. The van der Waals surface area contributed by atoms with Crippen LogP contribution in [0.5, 0.6) is 11.5 Å². The van der Waals surface area contributed by atoms with E-state index < -0.39 is 12.5 Å². The molecule has 1 aromatic heterocycles. The molecule has 0 spiro atoms. The Hall–Kier alpha value is -3.93.